The minimum Gasteiger partial charge on any atom is -0.444 e. The minimum atomic E-state index is -0.475. The van der Waals surface area contributed by atoms with Gasteiger partial charge in [0.25, 0.3) is 0 Å². The number of ether oxygens (including phenoxy) is 1. The molecule has 0 aromatic heterocycles. The van der Waals surface area contributed by atoms with Gasteiger partial charge in [-0.1, -0.05) is 29.8 Å². The summed E-state index contributed by atoms with van der Waals surface area (Å²) >= 11 is 6.27. The van der Waals surface area contributed by atoms with E-state index < -0.39 is 5.60 Å². The molecule has 1 aliphatic heterocycles. The van der Waals surface area contributed by atoms with Crippen molar-refractivity contribution < 1.29 is 9.53 Å². The van der Waals surface area contributed by atoms with Crippen LogP contribution >= 0.6 is 11.6 Å². The molecular weight excluding hydrogens is 288 g/mol. The Morgan fingerprint density at radius 2 is 2.10 bits per heavy atom. The number of carbonyl (C=O) groups is 1. The monoisotopic (exact) mass is 310 g/mol. The first-order chi connectivity index (χ1) is 9.87. The van der Waals surface area contributed by atoms with Crippen molar-refractivity contribution in [3.8, 4) is 0 Å². The van der Waals surface area contributed by atoms with Crippen LogP contribution in [0.2, 0.25) is 5.02 Å². The molecule has 1 atom stereocenters. The molecule has 0 spiro atoms. The van der Waals surface area contributed by atoms with Crippen LogP contribution in [-0.4, -0.2) is 36.2 Å². The van der Waals surface area contributed by atoms with Crippen LogP contribution in [0.4, 0.5) is 4.79 Å². The predicted octanol–water partition coefficient (Wildman–Crippen LogP) is 3.61. The Bertz CT molecular complexity index is 499. The van der Waals surface area contributed by atoms with Gasteiger partial charge in [-0.3, -0.25) is 0 Å². The van der Waals surface area contributed by atoms with Crippen molar-refractivity contribution in [2.75, 3.05) is 19.6 Å². The molecular formula is C16H23ClN2O2. The van der Waals surface area contributed by atoms with Crippen LogP contribution in [0.15, 0.2) is 24.3 Å². The number of rotatable bonds is 1. The smallest absolute Gasteiger partial charge is 0.410 e. The van der Waals surface area contributed by atoms with E-state index in [-0.39, 0.29) is 12.1 Å². The fraction of sp³-hybridized carbons (Fsp3) is 0.562. The average molecular weight is 311 g/mol. The lowest BCUT2D eigenvalue weighted by molar-refractivity contribution is 0.0247. The third-order valence-electron chi connectivity index (χ3n) is 3.33. The molecule has 1 aliphatic rings. The molecule has 1 aromatic carbocycles. The summed E-state index contributed by atoms with van der Waals surface area (Å²) in [6.07, 6.45) is 0.642. The third kappa shape index (κ3) is 4.61. The van der Waals surface area contributed by atoms with Crippen molar-refractivity contribution in [1.29, 1.82) is 0 Å². The van der Waals surface area contributed by atoms with Crippen LogP contribution in [-0.2, 0) is 4.74 Å². The molecule has 0 radical (unpaired) electrons. The number of carbonyl (C=O) groups excluding carboxylic acids is 1. The van der Waals surface area contributed by atoms with Crippen molar-refractivity contribution in [2.24, 2.45) is 0 Å². The molecule has 0 bridgehead atoms. The predicted molar refractivity (Wildman–Crippen MR) is 84.6 cm³/mol. The fourth-order valence-electron chi connectivity index (χ4n) is 2.38. The Hall–Kier alpha value is -1.26. The lowest BCUT2D eigenvalue weighted by Crippen LogP contribution is -2.39. The highest BCUT2D eigenvalue weighted by Crippen LogP contribution is 2.25. The highest BCUT2D eigenvalue weighted by Gasteiger charge is 2.27. The van der Waals surface area contributed by atoms with E-state index in [4.69, 9.17) is 16.3 Å². The molecule has 1 aromatic rings. The minimum absolute atomic E-state index is 0.0359. The van der Waals surface area contributed by atoms with Gasteiger partial charge in [0.1, 0.15) is 5.60 Å². The zero-order valence-corrected chi connectivity index (χ0v) is 13.6. The van der Waals surface area contributed by atoms with E-state index >= 15 is 0 Å². The Morgan fingerprint density at radius 3 is 2.76 bits per heavy atom. The van der Waals surface area contributed by atoms with Crippen molar-refractivity contribution in [1.82, 2.24) is 10.2 Å². The van der Waals surface area contributed by atoms with Crippen LogP contribution < -0.4 is 5.32 Å². The molecule has 0 saturated carbocycles. The van der Waals surface area contributed by atoms with E-state index in [2.05, 4.69) is 5.32 Å². The van der Waals surface area contributed by atoms with Gasteiger partial charge in [-0.2, -0.15) is 0 Å². The Kier molecular flexibility index (Phi) is 5.12. The lowest BCUT2D eigenvalue weighted by atomic mass is 10.1. The van der Waals surface area contributed by atoms with Gasteiger partial charge in [-0.05, 0) is 45.4 Å². The van der Waals surface area contributed by atoms with Crippen molar-refractivity contribution in [3.05, 3.63) is 34.9 Å². The van der Waals surface area contributed by atoms with Crippen molar-refractivity contribution in [3.63, 3.8) is 0 Å². The van der Waals surface area contributed by atoms with Gasteiger partial charge in [0.2, 0.25) is 0 Å². The molecule has 116 valence electrons. The number of benzene rings is 1. The quantitative estimate of drug-likeness (QED) is 0.861. The summed E-state index contributed by atoms with van der Waals surface area (Å²) in [4.78, 5) is 14.0. The van der Waals surface area contributed by atoms with Gasteiger partial charge in [0.15, 0.2) is 0 Å². The van der Waals surface area contributed by atoms with Crippen LogP contribution in [0.25, 0.3) is 0 Å². The second kappa shape index (κ2) is 6.67. The van der Waals surface area contributed by atoms with E-state index in [1.165, 1.54) is 0 Å². The van der Waals surface area contributed by atoms with Gasteiger partial charge in [-0.25, -0.2) is 4.79 Å². The maximum Gasteiger partial charge on any atom is 0.410 e. The van der Waals surface area contributed by atoms with E-state index in [1.54, 1.807) is 4.90 Å². The standard InChI is InChI=1S/C16H23ClN2O2/c1-16(2,3)21-15(20)19-10-6-9-18-14(11-19)12-7-4-5-8-13(12)17/h4-5,7-8,14,18H,6,9-11H2,1-3H3/t14-/m0/s1. The summed E-state index contributed by atoms with van der Waals surface area (Å²) in [5.41, 5.74) is 0.547. The number of halogens is 1. The van der Waals surface area contributed by atoms with Crippen LogP contribution in [0.5, 0.6) is 0 Å². The summed E-state index contributed by atoms with van der Waals surface area (Å²) in [5, 5.41) is 4.18. The summed E-state index contributed by atoms with van der Waals surface area (Å²) in [6.45, 7) is 7.77. The molecule has 1 fully saturated rings. The van der Waals surface area contributed by atoms with Crippen molar-refractivity contribution in [2.45, 2.75) is 38.8 Å². The van der Waals surface area contributed by atoms with Gasteiger partial charge in [0.05, 0.1) is 6.04 Å². The largest absolute Gasteiger partial charge is 0.444 e. The molecule has 5 heteroatoms. The van der Waals surface area contributed by atoms with Gasteiger partial charge >= 0.3 is 6.09 Å². The Labute approximate surface area is 131 Å². The molecule has 2 rings (SSSR count). The van der Waals surface area contributed by atoms with Crippen molar-refractivity contribution >= 4 is 17.7 Å². The molecule has 0 unspecified atom stereocenters. The molecule has 1 N–H and O–H groups in total. The molecule has 1 amide bonds. The summed E-state index contributed by atoms with van der Waals surface area (Å²) in [6, 6.07) is 7.79. The van der Waals surface area contributed by atoms with Crippen LogP contribution in [0.1, 0.15) is 38.8 Å². The number of nitrogens with zero attached hydrogens (tertiary/aromatic N) is 1. The molecule has 0 aliphatic carbocycles. The fourth-order valence-corrected chi connectivity index (χ4v) is 2.65. The second-order valence-electron chi connectivity index (χ2n) is 6.31. The van der Waals surface area contributed by atoms with E-state index in [0.29, 0.717) is 13.1 Å². The van der Waals surface area contributed by atoms with Gasteiger partial charge in [0, 0.05) is 18.1 Å². The van der Waals surface area contributed by atoms with E-state index in [1.807, 2.05) is 45.0 Å². The zero-order chi connectivity index (χ0) is 15.5. The van der Waals surface area contributed by atoms with E-state index in [0.717, 1.165) is 23.6 Å². The number of hydrogen-bond acceptors (Lipinski definition) is 3. The topological polar surface area (TPSA) is 41.6 Å². The number of amides is 1. The summed E-state index contributed by atoms with van der Waals surface area (Å²) in [7, 11) is 0. The highest BCUT2D eigenvalue weighted by molar-refractivity contribution is 6.31. The normalized spacial score (nSPS) is 20.0. The van der Waals surface area contributed by atoms with Crippen LogP contribution in [0.3, 0.4) is 0 Å². The molecule has 1 saturated heterocycles. The van der Waals surface area contributed by atoms with Gasteiger partial charge < -0.3 is 15.0 Å². The highest BCUT2D eigenvalue weighted by atomic mass is 35.5. The van der Waals surface area contributed by atoms with Crippen LogP contribution in [0, 0.1) is 0 Å². The average Bonchev–Trinajstić information content (AvgIpc) is 2.63. The third-order valence-corrected chi connectivity index (χ3v) is 3.68. The first kappa shape index (κ1) is 16.1. The van der Waals surface area contributed by atoms with E-state index in [9.17, 15) is 4.79 Å². The maximum atomic E-state index is 12.3. The summed E-state index contributed by atoms with van der Waals surface area (Å²) < 4.78 is 5.47. The Balaban J connectivity index is 2.12. The molecule has 1 heterocycles. The second-order valence-corrected chi connectivity index (χ2v) is 6.72. The number of nitrogens with one attached hydrogen (secondary N) is 1. The number of hydrogen-bond donors (Lipinski definition) is 1. The van der Waals surface area contributed by atoms with Gasteiger partial charge in [-0.15, -0.1) is 0 Å². The maximum absolute atomic E-state index is 12.3. The molecule has 21 heavy (non-hydrogen) atoms. The molecule has 4 nitrogen and oxygen atoms in total. The zero-order valence-electron chi connectivity index (χ0n) is 12.9. The summed E-state index contributed by atoms with van der Waals surface area (Å²) in [5.74, 6) is 0. The first-order valence-electron chi connectivity index (χ1n) is 7.32. The Morgan fingerprint density at radius 1 is 1.38 bits per heavy atom. The SMILES string of the molecule is CC(C)(C)OC(=O)N1CCCN[C@H](c2ccccc2Cl)C1. The first-order valence-corrected chi connectivity index (χ1v) is 7.70. The lowest BCUT2D eigenvalue weighted by Gasteiger charge is -2.28.